The van der Waals surface area contributed by atoms with Gasteiger partial charge in [-0.3, -0.25) is 4.79 Å². The Morgan fingerprint density at radius 2 is 1.90 bits per heavy atom. The van der Waals surface area contributed by atoms with Gasteiger partial charge in [-0.1, -0.05) is 30.3 Å². The lowest BCUT2D eigenvalue weighted by atomic mass is 10.1. The van der Waals surface area contributed by atoms with E-state index in [4.69, 9.17) is 4.98 Å². The number of benzene rings is 1. The number of carbonyl (C=O) groups is 1. The molecule has 2 N–H and O–H groups in total. The van der Waals surface area contributed by atoms with Crippen LogP contribution in [0.15, 0.2) is 48.9 Å². The summed E-state index contributed by atoms with van der Waals surface area (Å²) in [5.41, 5.74) is 3.77. The maximum Gasteiger partial charge on any atom is 0.390 e. The molecule has 39 heavy (non-hydrogen) atoms. The molecule has 3 aromatic heterocycles. The number of alkyl halides is 3. The second kappa shape index (κ2) is 11.0. The molecule has 0 saturated carbocycles. The van der Waals surface area contributed by atoms with Gasteiger partial charge in [0, 0.05) is 31.4 Å². The van der Waals surface area contributed by atoms with Gasteiger partial charge in [-0.25, -0.2) is 19.9 Å². The van der Waals surface area contributed by atoms with Crippen molar-refractivity contribution in [1.82, 2.24) is 29.7 Å². The number of hydrogen-bond acceptors (Lipinski definition) is 7. The summed E-state index contributed by atoms with van der Waals surface area (Å²) in [6, 6.07) is 9.48. The van der Waals surface area contributed by atoms with Gasteiger partial charge in [-0.05, 0) is 32.7 Å². The van der Waals surface area contributed by atoms with Gasteiger partial charge in [0.15, 0.2) is 11.5 Å². The van der Waals surface area contributed by atoms with Crippen LogP contribution in [0.4, 0.5) is 24.8 Å². The molecule has 1 aromatic carbocycles. The number of hydrogen-bond donors (Lipinski definition) is 2. The average molecular weight is 539 g/mol. The van der Waals surface area contributed by atoms with Crippen molar-refractivity contribution in [2.75, 3.05) is 36.4 Å². The van der Waals surface area contributed by atoms with Gasteiger partial charge in [0.05, 0.1) is 30.2 Å². The van der Waals surface area contributed by atoms with Crippen molar-refractivity contribution in [2.45, 2.75) is 32.9 Å². The maximum absolute atomic E-state index is 13.2. The molecule has 1 amide bonds. The number of aromatic nitrogens is 5. The van der Waals surface area contributed by atoms with Crippen LogP contribution in [0, 0.1) is 19.8 Å². The van der Waals surface area contributed by atoms with Gasteiger partial charge in [0.25, 0.3) is 5.91 Å². The number of fused-ring (bicyclic) bond motifs is 1. The Labute approximate surface area is 223 Å². The predicted molar refractivity (Wildman–Crippen MR) is 142 cm³/mol. The molecule has 4 aromatic rings. The van der Waals surface area contributed by atoms with Crippen molar-refractivity contribution < 1.29 is 18.0 Å². The predicted octanol–water partition coefficient (Wildman–Crippen LogP) is 4.42. The summed E-state index contributed by atoms with van der Waals surface area (Å²) >= 11 is 0. The molecule has 5 rings (SSSR count). The highest BCUT2D eigenvalue weighted by atomic mass is 19.4. The average Bonchev–Trinajstić information content (AvgIpc) is 3.52. The highest BCUT2D eigenvalue weighted by Gasteiger charge is 2.29. The monoisotopic (exact) mass is 538 g/mol. The van der Waals surface area contributed by atoms with Crippen LogP contribution in [0.1, 0.15) is 34.7 Å². The molecule has 0 aliphatic carbocycles. The van der Waals surface area contributed by atoms with E-state index < -0.39 is 18.5 Å². The van der Waals surface area contributed by atoms with Gasteiger partial charge < -0.3 is 19.9 Å². The van der Waals surface area contributed by atoms with E-state index in [2.05, 4.69) is 30.5 Å². The standard InChI is InChI=1S/C27H29F3N8O/c1-17-14-38-16-22(34-18(2)24(38)33-17)36-26(39)21-13-32-25(23(35-21)20-6-4-3-5-7-20)37-11-8-19(15-37)12-31-10-9-27(28,29)30/h3-7,13-14,16,19,31H,8-12,15H2,1-2H3,(H,36,39)/t19-/m0/s1. The Bertz CT molecular complexity index is 1470. The largest absolute Gasteiger partial charge is 0.390 e. The van der Waals surface area contributed by atoms with E-state index in [9.17, 15) is 18.0 Å². The summed E-state index contributed by atoms with van der Waals surface area (Å²) in [5, 5.41) is 5.73. The van der Waals surface area contributed by atoms with E-state index in [1.165, 1.54) is 6.20 Å². The maximum atomic E-state index is 13.2. The summed E-state index contributed by atoms with van der Waals surface area (Å²) in [6.45, 7) is 5.44. The molecule has 4 heterocycles. The smallest absolute Gasteiger partial charge is 0.354 e. The van der Waals surface area contributed by atoms with Gasteiger partial charge in [0.2, 0.25) is 0 Å². The zero-order valence-electron chi connectivity index (χ0n) is 21.7. The molecule has 1 atom stereocenters. The number of imidazole rings is 1. The minimum absolute atomic E-state index is 0.0966. The first-order chi connectivity index (χ1) is 18.7. The number of nitrogens with zero attached hydrogens (tertiary/aromatic N) is 6. The molecule has 0 radical (unpaired) electrons. The Morgan fingerprint density at radius 1 is 1.10 bits per heavy atom. The van der Waals surface area contributed by atoms with Crippen molar-refractivity contribution in [3.05, 3.63) is 66.0 Å². The molecule has 0 spiro atoms. The third-order valence-electron chi connectivity index (χ3n) is 6.60. The third-order valence-corrected chi connectivity index (χ3v) is 6.60. The minimum Gasteiger partial charge on any atom is -0.354 e. The first kappa shape index (κ1) is 26.5. The molecule has 204 valence electrons. The van der Waals surface area contributed by atoms with E-state index in [-0.39, 0.29) is 18.2 Å². The second-order valence-corrected chi connectivity index (χ2v) is 9.74. The number of anilines is 2. The fourth-order valence-corrected chi connectivity index (χ4v) is 4.76. The summed E-state index contributed by atoms with van der Waals surface area (Å²) in [7, 11) is 0. The van der Waals surface area contributed by atoms with Crippen LogP contribution in [0.3, 0.4) is 0 Å². The minimum atomic E-state index is -4.16. The SMILES string of the molecule is Cc1cn2cc(NC(=O)c3cnc(N4CC[C@@H](CNCCC(F)(F)F)C4)c(-c4ccccc4)n3)nc(C)c2n1. The summed E-state index contributed by atoms with van der Waals surface area (Å²) in [4.78, 5) is 33.5. The highest BCUT2D eigenvalue weighted by molar-refractivity contribution is 6.02. The highest BCUT2D eigenvalue weighted by Crippen LogP contribution is 2.31. The summed E-state index contributed by atoms with van der Waals surface area (Å²) < 4.78 is 39.1. The Morgan fingerprint density at radius 3 is 2.67 bits per heavy atom. The Balaban J connectivity index is 1.34. The van der Waals surface area contributed by atoms with Crippen LogP contribution in [-0.2, 0) is 0 Å². The third kappa shape index (κ3) is 6.33. The normalized spacial score (nSPS) is 15.7. The first-order valence-corrected chi connectivity index (χ1v) is 12.8. The van der Waals surface area contributed by atoms with Crippen LogP contribution >= 0.6 is 0 Å². The quantitative estimate of drug-likeness (QED) is 0.320. The van der Waals surface area contributed by atoms with Crippen molar-refractivity contribution in [3.63, 3.8) is 0 Å². The van der Waals surface area contributed by atoms with Gasteiger partial charge in [0.1, 0.15) is 17.2 Å². The van der Waals surface area contributed by atoms with E-state index in [0.717, 1.165) is 23.3 Å². The van der Waals surface area contributed by atoms with E-state index in [0.29, 0.717) is 42.7 Å². The van der Waals surface area contributed by atoms with Gasteiger partial charge >= 0.3 is 6.18 Å². The molecule has 1 saturated heterocycles. The molecule has 0 bridgehead atoms. The molecule has 1 fully saturated rings. The van der Waals surface area contributed by atoms with Crippen LogP contribution in [0.25, 0.3) is 16.9 Å². The lowest BCUT2D eigenvalue weighted by Crippen LogP contribution is -2.29. The van der Waals surface area contributed by atoms with Crippen molar-refractivity contribution >= 4 is 23.2 Å². The van der Waals surface area contributed by atoms with Crippen molar-refractivity contribution in [2.24, 2.45) is 5.92 Å². The fraction of sp³-hybridized carbons (Fsp3) is 0.370. The molecule has 1 aliphatic heterocycles. The lowest BCUT2D eigenvalue weighted by molar-refractivity contribution is -0.133. The zero-order chi connectivity index (χ0) is 27.6. The molecule has 1 aliphatic rings. The van der Waals surface area contributed by atoms with Crippen molar-refractivity contribution in [1.29, 1.82) is 0 Å². The van der Waals surface area contributed by atoms with Gasteiger partial charge in [-0.2, -0.15) is 13.2 Å². The summed E-state index contributed by atoms with van der Waals surface area (Å²) in [6.07, 6.45) is 0.811. The Hall–Kier alpha value is -4.06. The van der Waals surface area contributed by atoms with Crippen LogP contribution in [0.5, 0.6) is 0 Å². The second-order valence-electron chi connectivity index (χ2n) is 9.74. The number of aryl methyl sites for hydroxylation is 2. The molecule has 0 unspecified atom stereocenters. The number of carbonyl (C=O) groups excluding carboxylic acids is 1. The fourth-order valence-electron chi connectivity index (χ4n) is 4.76. The lowest BCUT2D eigenvalue weighted by Gasteiger charge is -2.21. The van der Waals surface area contributed by atoms with Crippen LogP contribution in [0.2, 0.25) is 0 Å². The molecule has 12 heteroatoms. The number of amides is 1. The number of rotatable bonds is 8. The molecular formula is C27H29F3N8O. The summed E-state index contributed by atoms with van der Waals surface area (Å²) in [5.74, 6) is 0.750. The number of nitrogens with one attached hydrogen (secondary N) is 2. The van der Waals surface area contributed by atoms with Crippen LogP contribution in [-0.4, -0.2) is 62.6 Å². The topological polar surface area (TPSA) is 100 Å². The van der Waals surface area contributed by atoms with Crippen molar-refractivity contribution in [3.8, 4) is 11.3 Å². The van der Waals surface area contributed by atoms with Gasteiger partial charge in [-0.15, -0.1) is 0 Å². The van der Waals surface area contributed by atoms with E-state index >= 15 is 0 Å². The van der Waals surface area contributed by atoms with Crippen LogP contribution < -0.4 is 15.5 Å². The Kier molecular flexibility index (Phi) is 7.47. The molecule has 9 nitrogen and oxygen atoms in total. The number of halogens is 3. The van der Waals surface area contributed by atoms with E-state index in [1.807, 2.05) is 54.8 Å². The van der Waals surface area contributed by atoms with E-state index in [1.54, 1.807) is 6.20 Å². The molecular weight excluding hydrogens is 509 g/mol. The zero-order valence-corrected chi connectivity index (χ0v) is 21.7. The first-order valence-electron chi connectivity index (χ1n) is 12.8.